The molecule has 1 amide bonds. The molecule has 0 fully saturated rings. The SMILES string of the molecule is Cn1cnc(S(=O)(=O)N2Cc3c(C(=O)NCc4cccnc4)nn(C)c3C2)c1. The van der Waals surface area contributed by atoms with E-state index in [-0.39, 0.29) is 29.7 Å². The minimum absolute atomic E-state index is 0.0154. The average Bonchev–Trinajstić information content (AvgIpc) is 3.38. The number of pyridine rings is 1. The van der Waals surface area contributed by atoms with Crippen LogP contribution in [0.1, 0.15) is 27.3 Å². The molecule has 4 heterocycles. The maximum Gasteiger partial charge on any atom is 0.272 e. The highest BCUT2D eigenvalue weighted by Gasteiger charge is 2.37. The molecule has 0 saturated heterocycles. The average molecular weight is 401 g/mol. The maximum absolute atomic E-state index is 12.8. The molecule has 0 aromatic carbocycles. The first kappa shape index (κ1) is 18.3. The van der Waals surface area contributed by atoms with Crippen molar-refractivity contribution in [3.05, 3.63) is 59.6 Å². The van der Waals surface area contributed by atoms with Crippen LogP contribution in [0.2, 0.25) is 0 Å². The van der Waals surface area contributed by atoms with Gasteiger partial charge in [-0.25, -0.2) is 13.4 Å². The third-order valence-corrected chi connectivity index (χ3v) is 6.29. The molecule has 10 nitrogen and oxygen atoms in total. The number of carbonyl (C=O) groups is 1. The van der Waals surface area contributed by atoms with E-state index in [9.17, 15) is 13.2 Å². The van der Waals surface area contributed by atoms with E-state index >= 15 is 0 Å². The van der Waals surface area contributed by atoms with Gasteiger partial charge >= 0.3 is 0 Å². The van der Waals surface area contributed by atoms with E-state index in [0.29, 0.717) is 17.8 Å². The summed E-state index contributed by atoms with van der Waals surface area (Å²) in [6.07, 6.45) is 6.23. The molecule has 0 radical (unpaired) electrons. The molecule has 146 valence electrons. The van der Waals surface area contributed by atoms with Gasteiger partial charge in [0, 0.05) is 51.3 Å². The monoisotopic (exact) mass is 401 g/mol. The third-order valence-electron chi connectivity index (χ3n) is 4.61. The second-order valence-corrected chi connectivity index (χ2v) is 8.48. The Balaban J connectivity index is 1.54. The quantitative estimate of drug-likeness (QED) is 0.652. The Bertz CT molecular complexity index is 1130. The molecular weight excluding hydrogens is 382 g/mol. The number of rotatable bonds is 5. The van der Waals surface area contributed by atoms with Crippen molar-refractivity contribution in [2.24, 2.45) is 14.1 Å². The lowest BCUT2D eigenvalue weighted by atomic mass is 10.2. The second kappa shape index (κ2) is 6.84. The summed E-state index contributed by atoms with van der Waals surface area (Å²) in [6, 6.07) is 3.65. The number of imidazole rings is 1. The maximum atomic E-state index is 12.8. The van der Waals surface area contributed by atoms with Gasteiger partial charge in [-0.1, -0.05) is 6.07 Å². The van der Waals surface area contributed by atoms with Gasteiger partial charge in [0.2, 0.25) is 0 Å². The predicted molar refractivity (Wildman–Crippen MR) is 98.3 cm³/mol. The number of aryl methyl sites for hydroxylation is 2. The van der Waals surface area contributed by atoms with Gasteiger partial charge in [-0.05, 0) is 11.6 Å². The van der Waals surface area contributed by atoms with Crippen molar-refractivity contribution in [3.8, 4) is 0 Å². The van der Waals surface area contributed by atoms with Crippen LogP contribution >= 0.6 is 0 Å². The van der Waals surface area contributed by atoms with Gasteiger partial charge in [0.25, 0.3) is 15.9 Å². The molecular formula is C17H19N7O3S. The smallest absolute Gasteiger partial charge is 0.272 e. The van der Waals surface area contributed by atoms with E-state index in [4.69, 9.17) is 0 Å². The molecule has 0 spiro atoms. The molecule has 0 saturated carbocycles. The van der Waals surface area contributed by atoms with Crippen molar-refractivity contribution >= 4 is 15.9 Å². The van der Waals surface area contributed by atoms with Gasteiger partial charge in [-0.2, -0.15) is 9.40 Å². The summed E-state index contributed by atoms with van der Waals surface area (Å²) < 4.78 is 30.1. The Morgan fingerprint density at radius 1 is 1.29 bits per heavy atom. The first-order valence-electron chi connectivity index (χ1n) is 8.56. The number of hydrogen-bond donors (Lipinski definition) is 1. The summed E-state index contributed by atoms with van der Waals surface area (Å²) in [5.74, 6) is -0.349. The Morgan fingerprint density at radius 2 is 2.11 bits per heavy atom. The number of amides is 1. The van der Waals surface area contributed by atoms with Crippen molar-refractivity contribution in [1.29, 1.82) is 0 Å². The van der Waals surface area contributed by atoms with Crippen LogP contribution in [0.25, 0.3) is 0 Å². The van der Waals surface area contributed by atoms with Crippen LogP contribution in [-0.2, 0) is 43.8 Å². The number of nitrogens with zero attached hydrogens (tertiary/aromatic N) is 6. The number of nitrogens with one attached hydrogen (secondary N) is 1. The Morgan fingerprint density at radius 3 is 2.79 bits per heavy atom. The minimum atomic E-state index is -3.75. The zero-order chi connectivity index (χ0) is 19.9. The van der Waals surface area contributed by atoms with E-state index in [1.165, 1.54) is 16.8 Å². The van der Waals surface area contributed by atoms with Gasteiger partial charge in [0.15, 0.2) is 10.7 Å². The molecule has 0 atom stereocenters. The number of sulfonamides is 1. The van der Waals surface area contributed by atoms with Gasteiger partial charge in [0.05, 0.1) is 18.6 Å². The Labute approximate surface area is 161 Å². The number of carbonyl (C=O) groups excluding carboxylic acids is 1. The molecule has 11 heteroatoms. The standard InChI is InChI=1S/C17H19N7O3S/c1-22-10-15(20-11-22)28(26,27)24-8-13-14(9-24)23(2)21-16(13)17(25)19-7-12-4-3-5-18-6-12/h3-6,10-11H,7-9H2,1-2H3,(H,19,25). The fourth-order valence-electron chi connectivity index (χ4n) is 3.14. The minimum Gasteiger partial charge on any atom is -0.346 e. The summed E-state index contributed by atoms with van der Waals surface area (Å²) in [5.41, 5.74) is 2.42. The fourth-order valence-corrected chi connectivity index (χ4v) is 4.48. The van der Waals surface area contributed by atoms with E-state index in [1.807, 2.05) is 6.07 Å². The van der Waals surface area contributed by atoms with Crippen LogP contribution in [0.3, 0.4) is 0 Å². The predicted octanol–water partition coefficient (Wildman–Crippen LogP) is 0.183. The highest BCUT2D eigenvalue weighted by Crippen LogP contribution is 2.30. The Hall–Kier alpha value is -3.05. The second-order valence-electron chi connectivity index (χ2n) is 6.59. The zero-order valence-electron chi connectivity index (χ0n) is 15.4. The van der Waals surface area contributed by atoms with E-state index in [2.05, 4.69) is 20.4 Å². The van der Waals surface area contributed by atoms with Crippen molar-refractivity contribution in [2.75, 3.05) is 0 Å². The van der Waals surface area contributed by atoms with Gasteiger partial charge in [-0.3, -0.25) is 14.5 Å². The van der Waals surface area contributed by atoms with Crippen LogP contribution < -0.4 is 5.32 Å². The van der Waals surface area contributed by atoms with Crippen molar-refractivity contribution in [3.63, 3.8) is 0 Å². The highest BCUT2D eigenvalue weighted by atomic mass is 32.2. The lowest BCUT2D eigenvalue weighted by molar-refractivity contribution is 0.0943. The molecule has 3 aromatic rings. The largest absolute Gasteiger partial charge is 0.346 e. The van der Waals surface area contributed by atoms with E-state index in [0.717, 1.165) is 5.56 Å². The zero-order valence-corrected chi connectivity index (χ0v) is 16.2. The van der Waals surface area contributed by atoms with Crippen LogP contribution in [0.4, 0.5) is 0 Å². The molecule has 0 unspecified atom stereocenters. The fraction of sp³-hybridized carbons (Fsp3) is 0.294. The van der Waals surface area contributed by atoms with E-state index in [1.54, 1.807) is 41.8 Å². The third kappa shape index (κ3) is 3.18. The summed E-state index contributed by atoms with van der Waals surface area (Å²) in [4.78, 5) is 20.6. The summed E-state index contributed by atoms with van der Waals surface area (Å²) >= 11 is 0. The molecule has 1 N–H and O–H groups in total. The number of hydrogen-bond acceptors (Lipinski definition) is 6. The Kier molecular flexibility index (Phi) is 4.47. The van der Waals surface area contributed by atoms with Crippen LogP contribution in [-0.4, -0.2) is 42.9 Å². The van der Waals surface area contributed by atoms with Gasteiger partial charge < -0.3 is 9.88 Å². The van der Waals surface area contributed by atoms with Crippen molar-refractivity contribution < 1.29 is 13.2 Å². The summed E-state index contributed by atoms with van der Waals surface area (Å²) in [6.45, 7) is 0.541. The molecule has 0 aliphatic carbocycles. The van der Waals surface area contributed by atoms with Crippen molar-refractivity contribution in [1.82, 2.24) is 33.9 Å². The van der Waals surface area contributed by atoms with E-state index < -0.39 is 10.0 Å². The molecule has 3 aromatic heterocycles. The summed E-state index contributed by atoms with van der Waals surface area (Å²) in [5, 5.41) is 7.08. The lowest BCUT2D eigenvalue weighted by Gasteiger charge is -2.14. The molecule has 1 aliphatic heterocycles. The van der Waals surface area contributed by atoms with Crippen molar-refractivity contribution in [2.45, 2.75) is 24.7 Å². The molecule has 0 bridgehead atoms. The van der Waals surface area contributed by atoms with Crippen LogP contribution in [0.15, 0.2) is 42.1 Å². The molecule has 28 heavy (non-hydrogen) atoms. The normalized spacial score (nSPS) is 14.2. The molecule has 4 rings (SSSR count). The number of fused-ring (bicyclic) bond motifs is 1. The first-order valence-corrected chi connectivity index (χ1v) is 10.00. The first-order chi connectivity index (χ1) is 13.4. The molecule has 1 aliphatic rings. The van der Waals surface area contributed by atoms with Crippen LogP contribution in [0, 0.1) is 0 Å². The lowest BCUT2D eigenvalue weighted by Crippen LogP contribution is -2.28. The topological polar surface area (TPSA) is 115 Å². The van der Waals surface area contributed by atoms with Gasteiger partial charge in [-0.15, -0.1) is 0 Å². The van der Waals surface area contributed by atoms with Gasteiger partial charge in [0.1, 0.15) is 0 Å². The summed E-state index contributed by atoms with van der Waals surface area (Å²) in [7, 11) is -0.340. The number of aromatic nitrogens is 5. The van der Waals surface area contributed by atoms with Crippen LogP contribution in [0.5, 0.6) is 0 Å². The highest BCUT2D eigenvalue weighted by molar-refractivity contribution is 7.89.